The van der Waals surface area contributed by atoms with Crippen molar-refractivity contribution in [1.29, 1.82) is 0 Å². The number of rotatable bonds is 0. The van der Waals surface area contributed by atoms with Crippen molar-refractivity contribution in [3.05, 3.63) is 22.9 Å². The molecule has 4 N–H and O–H groups in total. The standard InChI is InChI=1S/4CH4N.Ge/c4*1-2;/h4*2H,1H3;/q4*-1;+4. The first-order valence-electron chi connectivity index (χ1n) is 2.00. The minimum absolute atomic E-state index is 0. The number of hydrogen-bond acceptors (Lipinski definition) is 0. The molecule has 4 nitrogen and oxygen atoms in total. The summed E-state index contributed by atoms with van der Waals surface area (Å²) in [5.41, 5.74) is 23.0. The Morgan fingerprint density at radius 2 is 0.444 bits per heavy atom. The van der Waals surface area contributed by atoms with Gasteiger partial charge in [0.05, 0.1) is 0 Å². The molecular formula is C4H16GeN4. The van der Waals surface area contributed by atoms with Crippen LogP contribution in [0.1, 0.15) is 0 Å². The first kappa shape index (κ1) is 34.3. The van der Waals surface area contributed by atoms with E-state index in [-0.39, 0.29) is 17.6 Å². The third-order valence-electron chi connectivity index (χ3n) is 0. The molecule has 0 aliphatic rings. The summed E-state index contributed by atoms with van der Waals surface area (Å²) in [4.78, 5) is 0. The maximum absolute atomic E-state index is 5.75. The molecule has 0 amide bonds. The van der Waals surface area contributed by atoms with Crippen molar-refractivity contribution in [1.82, 2.24) is 0 Å². The Kier molecular flexibility index (Phi) is 11900. The van der Waals surface area contributed by atoms with E-state index in [9.17, 15) is 0 Å². The van der Waals surface area contributed by atoms with Crippen LogP contribution in [0.4, 0.5) is 0 Å². The van der Waals surface area contributed by atoms with E-state index < -0.39 is 0 Å². The average Bonchev–Trinajstić information content (AvgIpc) is 2.03. The van der Waals surface area contributed by atoms with Crippen molar-refractivity contribution in [2.45, 2.75) is 0 Å². The summed E-state index contributed by atoms with van der Waals surface area (Å²) >= 11 is 0. The Balaban J connectivity index is -0.00000000762. The smallest absolute Gasteiger partial charge is 0.680 e. The Bertz CT molecular complexity index is 12.5. The van der Waals surface area contributed by atoms with Crippen molar-refractivity contribution < 1.29 is 0 Å². The summed E-state index contributed by atoms with van der Waals surface area (Å²) in [6, 6.07) is 0. The van der Waals surface area contributed by atoms with Gasteiger partial charge < -0.3 is 22.9 Å². The van der Waals surface area contributed by atoms with Crippen LogP contribution in [-0.2, 0) is 0 Å². The predicted octanol–water partition coefficient (Wildman–Crippen LogP) is 2.29. The Hall–Kier alpha value is 0.383. The maximum Gasteiger partial charge on any atom is 4.00 e. The van der Waals surface area contributed by atoms with Crippen LogP contribution in [0.2, 0.25) is 0 Å². The number of nitrogens with one attached hydrogen (secondary N) is 4. The van der Waals surface area contributed by atoms with Crippen molar-refractivity contribution in [3.63, 3.8) is 0 Å². The van der Waals surface area contributed by atoms with Crippen LogP contribution in [0, 0.1) is 0 Å². The zero-order chi connectivity index (χ0) is 8.00. The van der Waals surface area contributed by atoms with Gasteiger partial charge in [-0.2, -0.15) is 28.2 Å². The maximum atomic E-state index is 5.75. The second-order valence-corrected chi connectivity index (χ2v) is 0. The van der Waals surface area contributed by atoms with E-state index in [4.69, 9.17) is 22.9 Å². The zero-order valence-electron chi connectivity index (χ0n) is 6.50. The van der Waals surface area contributed by atoms with Gasteiger partial charge in [-0.15, -0.1) is 0 Å². The van der Waals surface area contributed by atoms with Gasteiger partial charge in [0, 0.05) is 0 Å². The van der Waals surface area contributed by atoms with Crippen molar-refractivity contribution in [3.8, 4) is 0 Å². The quantitative estimate of drug-likeness (QED) is 0.527. The molecule has 0 heterocycles. The van der Waals surface area contributed by atoms with E-state index in [1.54, 1.807) is 0 Å². The molecule has 0 aromatic carbocycles. The molecule has 0 rings (SSSR count). The van der Waals surface area contributed by atoms with Gasteiger partial charge in [-0.25, -0.2) is 0 Å². The van der Waals surface area contributed by atoms with Crippen molar-refractivity contribution in [2.24, 2.45) is 0 Å². The molecule has 9 heavy (non-hydrogen) atoms. The Morgan fingerprint density at radius 3 is 0.444 bits per heavy atom. The zero-order valence-corrected chi connectivity index (χ0v) is 8.60. The van der Waals surface area contributed by atoms with Gasteiger partial charge in [-0.1, -0.05) is 0 Å². The first-order chi connectivity index (χ1) is 4.00. The van der Waals surface area contributed by atoms with Gasteiger partial charge in [-0.05, 0) is 0 Å². The van der Waals surface area contributed by atoms with Crippen LogP contribution in [0.5, 0.6) is 0 Å². The molecular weight excluding hydrogens is 177 g/mol. The Labute approximate surface area is 69.3 Å². The van der Waals surface area contributed by atoms with Gasteiger partial charge >= 0.3 is 17.6 Å². The second kappa shape index (κ2) is 3120. The van der Waals surface area contributed by atoms with Crippen LogP contribution in [0.25, 0.3) is 22.9 Å². The van der Waals surface area contributed by atoms with Crippen molar-refractivity contribution >= 4 is 17.6 Å². The average molecular weight is 193 g/mol. The fourth-order valence-electron chi connectivity index (χ4n) is 0. The fraction of sp³-hybridized carbons (Fsp3) is 1.00. The molecule has 0 bridgehead atoms. The number of hydrogen-bond donors (Lipinski definition) is 0. The molecule has 0 radical (unpaired) electrons. The second-order valence-electron chi connectivity index (χ2n) is 0. The van der Waals surface area contributed by atoms with Gasteiger partial charge in [0.1, 0.15) is 0 Å². The fourth-order valence-corrected chi connectivity index (χ4v) is 0. The third-order valence-corrected chi connectivity index (χ3v) is 0. The van der Waals surface area contributed by atoms with Gasteiger partial charge in [0.25, 0.3) is 0 Å². The molecule has 0 aromatic rings. The molecule has 0 aliphatic carbocycles. The van der Waals surface area contributed by atoms with Gasteiger partial charge in [0.15, 0.2) is 0 Å². The molecule has 0 unspecified atom stereocenters. The van der Waals surface area contributed by atoms with Crippen LogP contribution in [0.15, 0.2) is 0 Å². The largest absolute Gasteiger partial charge is 4.00 e. The monoisotopic (exact) mass is 194 g/mol. The summed E-state index contributed by atoms with van der Waals surface area (Å²) in [6.45, 7) is 0. The summed E-state index contributed by atoms with van der Waals surface area (Å²) < 4.78 is 0. The van der Waals surface area contributed by atoms with E-state index in [1.807, 2.05) is 0 Å². The predicted molar refractivity (Wildman–Crippen MR) is 46.7 cm³/mol. The summed E-state index contributed by atoms with van der Waals surface area (Å²) in [5.74, 6) is 0. The molecule has 0 fully saturated rings. The third kappa shape index (κ3) is 2330. The molecule has 0 spiro atoms. The van der Waals surface area contributed by atoms with E-state index in [0.29, 0.717) is 0 Å². The molecule has 0 aromatic heterocycles. The van der Waals surface area contributed by atoms with Crippen LogP contribution < -0.4 is 0 Å². The first-order valence-corrected chi connectivity index (χ1v) is 2.00. The van der Waals surface area contributed by atoms with Gasteiger partial charge in [0.2, 0.25) is 0 Å². The normalized spacial score (nSPS) is 2.67. The molecule has 56 valence electrons. The van der Waals surface area contributed by atoms with Gasteiger partial charge in [-0.3, -0.25) is 0 Å². The van der Waals surface area contributed by atoms with E-state index >= 15 is 0 Å². The topological polar surface area (TPSA) is 95.2 Å². The van der Waals surface area contributed by atoms with Crippen LogP contribution in [-0.4, -0.2) is 45.8 Å². The van der Waals surface area contributed by atoms with E-state index in [2.05, 4.69) is 0 Å². The Morgan fingerprint density at radius 1 is 0.444 bits per heavy atom. The van der Waals surface area contributed by atoms with Crippen molar-refractivity contribution in [2.75, 3.05) is 28.2 Å². The molecule has 0 atom stereocenters. The van der Waals surface area contributed by atoms with Crippen LogP contribution in [0.3, 0.4) is 0 Å². The summed E-state index contributed by atoms with van der Waals surface area (Å²) in [5, 5.41) is 0. The minimum Gasteiger partial charge on any atom is -0.680 e. The SMILES string of the molecule is C[NH-].C[NH-].C[NH-].C[NH-].[Ge+4]. The molecule has 0 aliphatic heterocycles. The summed E-state index contributed by atoms with van der Waals surface area (Å²) in [6.07, 6.45) is 0. The van der Waals surface area contributed by atoms with E-state index in [0.717, 1.165) is 0 Å². The summed E-state index contributed by atoms with van der Waals surface area (Å²) in [7, 11) is 5.00. The minimum atomic E-state index is 0. The molecule has 0 saturated heterocycles. The molecule has 0 saturated carbocycles. The molecule has 5 heteroatoms. The van der Waals surface area contributed by atoms with Crippen LogP contribution >= 0.6 is 0 Å². The van der Waals surface area contributed by atoms with E-state index in [1.165, 1.54) is 28.2 Å².